The standard InChI is InChI=1S/C18H20N6O2S/c19-18(20)23-7-5-22(6-8-23)9-16(25)24-14-4-2-1-3-13(14)21-17(26)12-10-27-11-15(12)24/h1-4,10-11H,5-9H2,(H3,19,20)(H,21,26). The third-order valence-corrected chi connectivity index (χ3v) is 5.57. The third kappa shape index (κ3) is 3.26. The number of fused-ring (bicyclic) bond motifs is 2. The second-order valence-corrected chi connectivity index (χ2v) is 7.26. The molecular formula is C18H20N6O2S. The first-order valence-electron chi connectivity index (χ1n) is 8.65. The summed E-state index contributed by atoms with van der Waals surface area (Å²) in [6.45, 7) is 2.82. The zero-order valence-electron chi connectivity index (χ0n) is 14.6. The highest BCUT2D eigenvalue weighted by Crippen LogP contribution is 2.39. The number of piperazine rings is 1. The molecule has 140 valence electrons. The van der Waals surface area contributed by atoms with Crippen molar-refractivity contribution in [1.82, 2.24) is 9.80 Å². The van der Waals surface area contributed by atoms with Crippen molar-refractivity contribution in [2.45, 2.75) is 0 Å². The van der Waals surface area contributed by atoms with Crippen LogP contribution in [-0.2, 0) is 4.79 Å². The molecule has 1 aromatic heterocycles. The van der Waals surface area contributed by atoms with Crippen molar-refractivity contribution >= 4 is 46.2 Å². The number of hydrogen-bond acceptors (Lipinski definition) is 5. The predicted molar refractivity (Wildman–Crippen MR) is 106 cm³/mol. The molecule has 0 aliphatic carbocycles. The Balaban J connectivity index is 1.60. The highest BCUT2D eigenvalue weighted by Gasteiger charge is 2.31. The van der Waals surface area contributed by atoms with Crippen LogP contribution >= 0.6 is 11.3 Å². The van der Waals surface area contributed by atoms with Crippen LogP contribution in [0.15, 0.2) is 35.0 Å². The molecular weight excluding hydrogens is 364 g/mol. The summed E-state index contributed by atoms with van der Waals surface area (Å²) < 4.78 is 0. The largest absolute Gasteiger partial charge is 0.370 e. The molecule has 9 heteroatoms. The van der Waals surface area contributed by atoms with Gasteiger partial charge in [0.15, 0.2) is 5.96 Å². The van der Waals surface area contributed by atoms with E-state index in [9.17, 15) is 9.59 Å². The van der Waals surface area contributed by atoms with Crippen molar-refractivity contribution in [2.75, 3.05) is 42.9 Å². The van der Waals surface area contributed by atoms with Crippen LogP contribution in [0.2, 0.25) is 0 Å². The number of hydrogen-bond donors (Lipinski definition) is 3. The van der Waals surface area contributed by atoms with E-state index in [4.69, 9.17) is 11.1 Å². The summed E-state index contributed by atoms with van der Waals surface area (Å²) >= 11 is 1.40. The van der Waals surface area contributed by atoms with Crippen LogP contribution in [0.4, 0.5) is 17.1 Å². The second-order valence-electron chi connectivity index (χ2n) is 6.52. The molecule has 2 amide bonds. The number of nitrogens with zero attached hydrogens (tertiary/aromatic N) is 3. The van der Waals surface area contributed by atoms with Gasteiger partial charge in [-0.3, -0.25) is 24.8 Å². The van der Waals surface area contributed by atoms with Crippen LogP contribution in [0, 0.1) is 5.41 Å². The minimum atomic E-state index is -0.205. The molecule has 4 rings (SSSR count). The normalized spacial score (nSPS) is 17.0. The maximum Gasteiger partial charge on any atom is 0.258 e. The maximum atomic E-state index is 13.2. The molecule has 4 N–H and O–H groups in total. The van der Waals surface area contributed by atoms with Crippen LogP contribution in [0.5, 0.6) is 0 Å². The molecule has 0 bridgehead atoms. The smallest absolute Gasteiger partial charge is 0.258 e. The number of benzene rings is 1. The van der Waals surface area contributed by atoms with Crippen molar-refractivity contribution in [1.29, 1.82) is 5.41 Å². The van der Waals surface area contributed by atoms with Crippen molar-refractivity contribution < 1.29 is 9.59 Å². The maximum absolute atomic E-state index is 13.2. The fourth-order valence-electron chi connectivity index (χ4n) is 3.40. The van der Waals surface area contributed by atoms with Crippen molar-refractivity contribution in [3.63, 3.8) is 0 Å². The van der Waals surface area contributed by atoms with Crippen LogP contribution in [-0.4, -0.2) is 60.3 Å². The van der Waals surface area contributed by atoms with Crippen LogP contribution in [0.3, 0.4) is 0 Å². The van der Waals surface area contributed by atoms with E-state index >= 15 is 0 Å². The first kappa shape index (κ1) is 17.5. The van der Waals surface area contributed by atoms with E-state index < -0.39 is 0 Å². The number of para-hydroxylation sites is 2. The van der Waals surface area contributed by atoms with Gasteiger partial charge < -0.3 is 16.0 Å². The topological polar surface area (TPSA) is 106 Å². The zero-order chi connectivity index (χ0) is 19.0. The Morgan fingerprint density at radius 3 is 2.63 bits per heavy atom. The number of amides is 2. The van der Waals surface area contributed by atoms with Gasteiger partial charge in [0.05, 0.1) is 29.2 Å². The molecule has 1 aromatic carbocycles. The molecule has 0 saturated carbocycles. The van der Waals surface area contributed by atoms with Crippen LogP contribution < -0.4 is 16.0 Å². The van der Waals surface area contributed by atoms with E-state index in [1.165, 1.54) is 11.3 Å². The average Bonchev–Trinajstić information content (AvgIpc) is 3.09. The molecule has 2 aliphatic heterocycles. The van der Waals surface area contributed by atoms with Crippen molar-refractivity contribution in [3.8, 4) is 0 Å². The number of nitrogens with two attached hydrogens (primary N) is 1. The summed E-state index contributed by atoms with van der Waals surface area (Å²) in [6.07, 6.45) is 0. The summed E-state index contributed by atoms with van der Waals surface area (Å²) in [5.74, 6) is -0.228. The molecule has 1 fully saturated rings. The Morgan fingerprint density at radius 2 is 1.89 bits per heavy atom. The minimum absolute atomic E-state index is 0.0647. The quantitative estimate of drug-likeness (QED) is 0.537. The number of nitrogens with one attached hydrogen (secondary N) is 2. The highest BCUT2D eigenvalue weighted by atomic mass is 32.1. The third-order valence-electron chi connectivity index (χ3n) is 4.84. The molecule has 3 heterocycles. The first-order valence-corrected chi connectivity index (χ1v) is 9.59. The lowest BCUT2D eigenvalue weighted by Gasteiger charge is -2.35. The predicted octanol–water partition coefficient (Wildman–Crippen LogP) is 1.49. The lowest BCUT2D eigenvalue weighted by molar-refractivity contribution is -0.119. The average molecular weight is 384 g/mol. The van der Waals surface area contributed by atoms with Gasteiger partial charge in [-0.2, -0.15) is 0 Å². The lowest BCUT2D eigenvalue weighted by Crippen LogP contribution is -2.52. The van der Waals surface area contributed by atoms with Gasteiger partial charge in [0, 0.05) is 36.9 Å². The van der Waals surface area contributed by atoms with Gasteiger partial charge in [0.2, 0.25) is 5.91 Å². The summed E-state index contributed by atoms with van der Waals surface area (Å²) in [7, 11) is 0. The van der Waals surface area contributed by atoms with Gasteiger partial charge in [-0.05, 0) is 12.1 Å². The highest BCUT2D eigenvalue weighted by molar-refractivity contribution is 7.08. The summed E-state index contributed by atoms with van der Waals surface area (Å²) in [5.41, 5.74) is 7.96. The summed E-state index contributed by atoms with van der Waals surface area (Å²) in [4.78, 5) is 31.2. The molecule has 27 heavy (non-hydrogen) atoms. The lowest BCUT2D eigenvalue weighted by atomic mass is 10.2. The van der Waals surface area contributed by atoms with E-state index in [1.54, 1.807) is 21.2 Å². The monoisotopic (exact) mass is 384 g/mol. The van der Waals surface area contributed by atoms with Gasteiger partial charge in [0.25, 0.3) is 5.91 Å². The van der Waals surface area contributed by atoms with E-state index in [-0.39, 0.29) is 24.3 Å². The molecule has 0 spiro atoms. The Bertz CT molecular complexity index is 903. The fraction of sp³-hybridized carbons (Fsp3) is 0.278. The van der Waals surface area contributed by atoms with Crippen LogP contribution in [0.1, 0.15) is 10.4 Å². The second kappa shape index (κ2) is 7.01. The summed E-state index contributed by atoms with van der Waals surface area (Å²) in [6, 6.07) is 7.33. The Morgan fingerprint density at radius 1 is 1.15 bits per heavy atom. The van der Waals surface area contributed by atoms with Gasteiger partial charge in [-0.15, -0.1) is 11.3 Å². The zero-order valence-corrected chi connectivity index (χ0v) is 15.5. The van der Waals surface area contributed by atoms with E-state index in [0.717, 1.165) is 0 Å². The van der Waals surface area contributed by atoms with Gasteiger partial charge in [-0.25, -0.2) is 0 Å². The number of carbonyl (C=O) groups is 2. The molecule has 2 aliphatic rings. The molecule has 0 radical (unpaired) electrons. The van der Waals surface area contributed by atoms with Crippen molar-refractivity contribution in [2.24, 2.45) is 5.73 Å². The molecule has 8 nitrogen and oxygen atoms in total. The van der Waals surface area contributed by atoms with Crippen molar-refractivity contribution in [3.05, 3.63) is 40.6 Å². The molecule has 0 atom stereocenters. The van der Waals surface area contributed by atoms with E-state index in [1.807, 2.05) is 23.6 Å². The Kier molecular flexibility index (Phi) is 4.54. The van der Waals surface area contributed by atoms with Gasteiger partial charge >= 0.3 is 0 Å². The Hall–Kier alpha value is -2.91. The van der Waals surface area contributed by atoms with Gasteiger partial charge in [-0.1, -0.05) is 12.1 Å². The summed E-state index contributed by atoms with van der Waals surface area (Å²) in [5, 5.41) is 14.0. The number of thiophene rings is 1. The SMILES string of the molecule is N=C(N)N1CCN(CC(=O)N2c3ccccc3NC(=O)c3cscc32)CC1. The number of carbonyl (C=O) groups excluding carboxylic acids is 2. The minimum Gasteiger partial charge on any atom is -0.370 e. The first-order chi connectivity index (χ1) is 13.0. The molecule has 0 unspecified atom stereocenters. The fourth-order valence-corrected chi connectivity index (χ4v) is 4.20. The van der Waals surface area contributed by atoms with Crippen LogP contribution in [0.25, 0.3) is 0 Å². The number of rotatable bonds is 2. The molecule has 1 saturated heterocycles. The number of anilines is 3. The molecule has 2 aromatic rings. The Labute approximate surface area is 160 Å². The number of guanidine groups is 1. The van der Waals surface area contributed by atoms with E-state index in [0.29, 0.717) is 48.8 Å². The van der Waals surface area contributed by atoms with E-state index in [2.05, 4.69) is 10.2 Å². The van der Waals surface area contributed by atoms with Gasteiger partial charge in [0.1, 0.15) is 0 Å².